The zero-order valence-corrected chi connectivity index (χ0v) is 13.7. The molecule has 3 heterocycles. The molecule has 0 bridgehead atoms. The Labute approximate surface area is 136 Å². The molecule has 5 heteroatoms. The topological polar surface area (TPSA) is 41.6 Å². The van der Waals surface area contributed by atoms with E-state index >= 15 is 0 Å². The number of likely N-dealkylation sites (tertiary alicyclic amines) is 1. The lowest BCUT2D eigenvalue weighted by Gasteiger charge is -2.42. The number of hydrogen-bond acceptors (Lipinski definition) is 4. The number of nitrogens with one attached hydrogen (secondary N) is 1. The molecule has 1 aromatic heterocycles. The monoisotopic (exact) mass is 320 g/mol. The van der Waals surface area contributed by atoms with E-state index < -0.39 is 0 Å². The van der Waals surface area contributed by atoms with Crippen molar-refractivity contribution in [2.45, 2.75) is 25.5 Å². The van der Waals surface area contributed by atoms with Crippen LogP contribution in [0.1, 0.15) is 17.7 Å². The summed E-state index contributed by atoms with van der Waals surface area (Å²) in [6.07, 6.45) is 4.30. The number of amides is 1. The van der Waals surface area contributed by atoms with Crippen LogP contribution in [0.15, 0.2) is 30.2 Å². The van der Waals surface area contributed by atoms with Gasteiger partial charge >= 0.3 is 0 Å². The average molecular weight is 320 g/mol. The molecular formula is C17H24N2O2S. The molecule has 2 fully saturated rings. The third-order valence-electron chi connectivity index (χ3n) is 4.62. The van der Waals surface area contributed by atoms with Crippen molar-refractivity contribution < 1.29 is 9.53 Å². The van der Waals surface area contributed by atoms with Gasteiger partial charge in [0.1, 0.15) is 0 Å². The van der Waals surface area contributed by atoms with E-state index in [0.29, 0.717) is 25.2 Å². The summed E-state index contributed by atoms with van der Waals surface area (Å²) >= 11 is 1.67. The number of carbonyl (C=O) groups is 1. The van der Waals surface area contributed by atoms with Crippen molar-refractivity contribution in [3.05, 3.63) is 35.0 Å². The summed E-state index contributed by atoms with van der Waals surface area (Å²) in [5.74, 6) is 0.595. The van der Waals surface area contributed by atoms with Crippen molar-refractivity contribution >= 4 is 17.2 Å². The highest BCUT2D eigenvalue weighted by Gasteiger charge is 2.37. The quantitative estimate of drug-likeness (QED) is 0.846. The first kappa shape index (κ1) is 15.7. The van der Waals surface area contributed by atoms with Crippen LogP contribution in [-0.4, -0.2) is 43.2 Å². The SMILES string of the molecule is C=CCN1CC[C@@H]2OC[C@H](C(=O)NCc3cccs3)C[C@@H]2C1. The van der Waals surface area contributed by atoms with Crippen molar-refractivity contribution in [2.24, 2.45) is 11.8 Å². The first-order valence-electron chi connectivity index (χ1n) is 8.01. The van der Waals surface area contributed by atoms with Gasteiger partial charge in [0.25, 0.3) is 0 Å². The van der Waals surface area contributed by atoms with Gasteiger partial charge in [-0.1, -0.05) is 12.1 Å². The van der Waals surface area contributed by atoms with Crippen molar-refractivity contribution in [3.63, 3.8) is 0 Å². The van der Waals surface area contributed by atoms with Gasteiger partial charge in [-0.3, -0.25) is 9.69 Å². The Bertz CT molecular complexity index is 503. The molecule has 2 aliphatic rings. The Kier molecular flexibility index (Phi) is 5.28. The Balaban J connectivity index is 1.50. The van der Waals surface area contributed by atoms with Crippen LogP contribution in [0, 0.1) is 11.8 Å². The molecular weight excluding hydrogens is 296 g/mol. The van der Waals surface area contributed by atoms with Crippen molar-refractivity contribution in [3.8, 4) is 0 Å². The first-order chi connectivity index (χ1) is 10.8. The van der Waals surface area contributed by atoms with Gasteiger partial charge in [0, 0.05) is 24.5 Å². The maximum Gasteiger partial charge on any atom is 0.225 e. The van der Waals surface area contributed by atoms with Gasteiger partial charge in [0.2, 0.25) is 5.91 Å². The number of piperidine rings is 1. The van der Waals surface area contributed by atoms with Crippen LogP contribution in [0.3, 0.4) is 0 Å². The number of thiophene rings is 1. The van der Waals surface area contributed by atoms with E-state index in [-0.39, 0.29) is 11.8 Å². The van der Waals surface area contributed by atoms with Crippen LogP contribution in [0.4, 0.5) is 0 Å². The predicted molar refractivity (Wildman–Crippen MR) is 88.8 cm³/mol. The lowest BCUT2D eigenvalue weighted by atomic mass is 9.83. The van der Waals surface area contributed by atoms with Crippen LogP contribution in [0.25, 0.3) is 0 Å². The Hall–Kier alpha value is -1.17. The molecule has 0 spiro atoms. The van der Waals surface area contributed by atoms with Crippen LogP contribution >= 0.6 is 11.3 Å². The van der Waals surface area contributed by atoms with Gasteiger partial charge in [0.05, 0.1) is 25.2 Å². The largest absolute Gasteiger partial charge is 0.377 e. The summed E-state index contributed by atoms with van der Waals surface area (Å²) in [5.41, 5.74) is 0. The summed E-state index contributed by atoms with van der Waals surface area (Å²) in [7, 11) is 0. The first-order valence-corrected chi connectivity index (χ1v) is 8.89. The number of carbonyl (C=O) groups excluding carboxylic acids is 1. The van der Waals surface area contributed by atoms with E-state index in [0.717, 1.165) is 32.5 Å². The fourth-order valence-electron chi connectivity index (χ4n) is 3.47. The maximum absolute atomic E-state index is 12.4. The lowest BCUT2D eigenvalue weighted by molar-refractivity contribution is -0.138. The second-order valence-electron chi connectivity index (χ2n) is 6.20. The molecule has 2 aliphatic heterocycles. The van der Waals surface area contributed by atoms with Gasteiger partial charge in [-0.25, -0.2) is 0 Å². The number of hydrogen-bond donors (Lipinski definition) is 1. The minimum atomic E-state index is -0.00936. The molecule has 0 radical (unpaired) electrons. The fraction of sp³-hybridized carbons (Fsp3) is 0.588. The van der Waals surface area contributed by atoms with Crippen molar-refractivity contribution in [1.82, 2.24) is 10.2 Å². The third kappa shape index (κ3) is 3.77. The van der Waals surface area contributed by atoms with Crippen LogP contribution < -0.4 is 5.32 Å². The summed E-state index contributed by atoms with van der Waals surface area (Å²) in [6, 6.07) is 4.06. The molecule has 2 saturated heterocycles. The summed E-state index contributed by atoms with van der Waals surface area (Å²) in [4.78, 5) is 16.0. The number of fused-ring (bicyclic) bond motifs is 1. The van der Waals surface area contributed by atoms with Crippen LogP contribution in [-0.2, 0) is 16.1 Å². The van der Waals surface area contributed by atoms with E-state index in [1.807, 2.05) is 23.6 Å². The molecule has 120 valence electrons. The summed E-state index contributed by atoms with van der Waals surface area (Å²) in [6.45, 7) is 8.03. The Morgan fingerprint density at radius 2 is 2.50 bits per heavy atom. The lowest BCUT2D eigenvalue weighted by Crippen LogP contribution is -2.50. The predicted octanol–water partition coefficient (Wildman–Crippen LogP) is 2.28. The molecule has 3 atom stereocenters. The van der Waals surface area contributed by atoms with Gasteiger partial charge in [-0.2, -0.15) is 0 Å². The van der Waals surface area contributed by atoms with E-state index in [1.54, 1.807) is 11.3 Å². The Morgan fingerprint density at radius 1 is 1.59 bits per heavy atom. The molecule has 0 aromatic carbocycles. The van der Waals surface area contributed by atoms with E-state index in [9.17, 15) is 4.79 Å². The summed E-state index contributed by atoms with van der Waals surface area (Å²) < 4.78 is 5.97. The normalized spacial score (nSPS) is 28.8. The molecule has 0 unspecified atom stereocenters. The molecule has 3 rings (SSSR count). The average Bonchev–Trinajstić information content (AvgIpc) is 3.05. The van der Waals surface area contributed by atoms with E-state index in [4.69, 9.17) is 4.74 Å². The van der Waals surface area contributed by atoms with Gasteiger partial charge in [0.15, 0.2) is 0 Å². The standard InChI is InChI=1S/C17H24N2O2S/c1-2-6-19-7-5-16-13(11-19)9-14(12-21-16)17(20)18-10-15-4-3-8-22-15/h2-4,8,13-14,16H,1,5-7,9-12H2,(H,18,20)/t13-,14-,16+/m1/s1. The highest BCUT2D eigenvalue weighted by molar-refractivity contribution is 7.09. The third-order valence-corrected chi connectivity index (χ3v) is 5.50. The van der Waals surface area contributed by atoms with Gasteiger partial charge in [-0.05, 0) is 30.2 Å². The molecule has 22 heavy (non-hydrogen) atoms. The Morgan fingerprint density at radius 3 is 3.27 bits per heavy atom. The molecule has 0 saturated carbocycles. The molecule has 0 aliphatic carbocycles. The second-order valence-corrected chi connectivity index (χ2v) is 7.23. The molecule has 1 N–H and O–H groups in total. The highest BCUT2D eigenvalue weighted by atomic mass is 32.1. The smallest absolute Gasteiger partial charge is 0.225 e. The zero-order valence-electron chi connectivity index (χ0n) is 12.9. The van der Waals surface area contributed by atoms with Crippen molar-refractivity contribution in [2.75, 3.05) is 26.2 Å². The van der Waals surface area contributed by atoms with Crippen LogP contribution in [0.5, 0.6) is 0 Å². The van der Waals surface area contributed by atoms with Gasteiger partial charge < -0.3 is 10.1 Å². The number of nitrogens with zero attached hydrogens (tertiary/aromatic N) is 1. The highest BCUT2D eigenvalue weighted by Crippen LogP contribution is 2.31. The molecule has 1 amide bonds. The maximum atomic E-state index is 12.4. The summed E-state index contributed by atoms with van der Waals surface area (Å²) in [5, 5.41) is 5.08. The van der Waals surface area contributed by atoms with Crippen molar-refractivity contribution in [1.29, 1.82) is 0 Å². The minimum Gasteiger partial charge on any atom is -0.377 e. The zero-order chi connectivity index (χ0) is 15.4. The molecule has 1 aromatic rings. The number of rotatable bonds is 5. The number of ether oxygens (including phenoxy) is 1. The van der Waals surface area contributed by atoms with E-state index in [2.05, 4.69) is 16.8 Å². The van der Waals surface area contributed by atoms with Gasteiger partial charge in [-0.15, -0.1) is 17.9 Å². The van der Waals surface area contributed by atoms with E-state index in [1.165, 1.54) is 4.88 Å². The van der Waals surface area contributed by atoms with Crippen LogP contribution in [0.2, 0.25) is 0 Å². The minimum absolute atomic E-state index is 0.00936. The second kappa shape index (κ2) is 7.40. The fourth-order valence-corrected chi connectivity index (χ4v) is 4.11. The molecule has 4 nitrogen and oxygen atoms in total.